The number of benzene rings is 1. The zero-order valence-corrected chi connectivity index (χ0v) is 15.3. The standard InChI is InChI=1S/C15H15N3O5S2/c1-4-23-14(20)12-8(2)16-15(25-12)17-13(19)9-5-6-11(24-3)10(7-9)18(21)22/h5-7H,4H2,1-3H3,(H,16,17,19). The Morgan fingerprint density at radius 3 is 2.76 bits per heavy atom. The van der Waals surface area contributed by atoms with Gasteiger partial charge < -0.3 is 4.74 Å². The molecule has 0 aliphatic heterocycles. The van der Waals surface area contributed by atoms with Gasteiger partial charge in [0.25, 0.3) is 11.6 Å². The first-order chi connectivity index (χ1) is 11.9. The summed E-state index contributed by atoms with van der Waals surface area (Å²) in [5.74, 6) is -1.04. The monoisotopic (exact) mass is 381 g/mol. The molecule has 1 N–H and O–H groups in total. The molecule has 0 aliphatic rings. The summed E-state index contributed by atoms with van der Waals surface area (Å²) in [5, 5.41) is 13.9. The fraction of sp³-hybridized carbons (Fsp3) is 0.267. The maximum Gasteiger partial charge on any atom is 0.350 e. The molecule has 0 radical (unpaired) electrons. The van der Waals surface area contributed by atoms with E-state index in [1.165, 1.54) is 30.0 Å². The fourth-order valence-corrected chi connectivity index (χ4v) is 3.38. The molecule has 0 saturated heterocycles. The zero-order chi connectivity index (χ0) is 18.6. The van der Waals surface area contributed by atoms with Crippen LogP contribution in [0.5, 0.6) is 0 Å². The van der Waals surface area contributed by atoms with E-state index in [0.29, 0.717) is 15.5 Å². The molecule has 0 saturated carbocycles. The highest BCUT2D eigenvalue weighted by atomic mass is 32.2. The van der Waals surface area contributed by atoms with Gasteiger partial charge in [0, 0.05) is 11.6 Å². The van der Waals surface area contributed by atoms with Gasteiger partial charge in [0.05, 0.1) is 22.1 Å². The number of hydrogen-bond acceptors (Lipinski definition) is 8. The highest BCUT2D eigenvalue weighted by Gasteiger charge is 2.20. The maximum absolute atomic E-state index is 12.3. The predicted octanol–water partition coefficient (Wildman–Crippen LogP) is 3.51. The molecule has 10 heteroatoms. The van der Waals surface area contributed by atoms with Crippen molar-refractivity contribution in [2.75, 3.05) is 18.2 Å². The molecule has 132 valence electrons. The van der Waals surface area contributed by atoms with Crippen LogP contribution in [0, 0.1) is 17.0 Å². The molecule has 0 fully saturated rings. The van der Waals surface area contributed by atoms with Gasteiger partial charge in [-0.2, -0.15) is 0 Å². The van der Waals surface area contributed by atoms with Gasteiger partial charge in [-0.3, -0.25) is 20.2 Å². The minimum atomic E-state index is -0.542. The molecule has 2 rings (SSSR count). The van der Waals surface area contributed by atoms with Crippen LogP contribution in [0.2, 0.25) is 0 Å². The van der Waals surface area contributed by atoms with Gasteiger partial charge in [-0.1, -0.05) is 11.3 Å². The Kier molecular flexibility index (Phi) is 6.10. The number of hydrogen-bond donors (Lipinski definition) is 1. The summed E-state index contributed by atoms with van der Waals surface area (Å²) < 4.78 is 4.92. The van der Waals surface area contributed by atoms with Crippen LogP contribution in [0.3, 0.4) is 0 Å². The van der Waals surface area contributed by atoms with Crippen molar-refractivity contribution >= 4 is 45.8 Å². The SMILES string of the molecule is CCOC(=O)c1sc(NC(=O)c2ccc(SC)c([N+](=O)[O-])c2)nc1C. The number of nitrogens with zero attached hydrogens (tertiary/aromatic N) is 2. The van der Waals surface area contributed by atoms with Crippen molar-refractivity contribution in [3.8, 4) is 0 Å². The largest absolute Gasteiger partial charge is 0.462 e. The lowest BCUT2D eigenvalue weighted by atomic mass is 10.2. The molecule has 1 aromatic carbocycles. The Morgan fingerprint density at radius 2 is 2.16 bits per heavy atom. The summed E-state index contributed by atoms with van der Waals surface area (Å²) in [6.45, 7) is 3.57. The number of nitro benzene ring substituents is 1. The number of ether oxygens (including phenoxy) is 1. The Bertz CT molecular complexity index is 835. The number of thiazole rings is 1. The highest BCUT2D eigenvalue weighted by molar-refractivity contribution is 7.98. The van der Waals surface area contributed by atoms with Gasteiger partial charge in [0.15, 0.2) is 5.13 Å². The number of carbonyl (C=O) groups excluding carboxylic acids is 2. The highest BCUT2D eigenvalue weighted by Crippen LogP contribution is 2.29. The number of amides is 1. The van der Waals surface area contributed by atoms with Gasteiger partial charge >= 0.3 is 5.97 Å². The lowest BCUT2D eigenvalue weighted by molar-refractivity contribution is -0.387. The van der Waals surface area contributed by atoms with Crippen molar-refractivity contribution in [3.05, 3.63) is 44.4 Å². The molecule has 1 amide bonds. The number of anilines is 1. The molecule has 8 nitrogen and oxygen atoms in total. The van der Waals surface area contributed by atoms with E-state index in [1.807, 2.05) is 0 Å². The van der Waals surface area contributed by atoms with E-state index in [2.05, 4.69) is 10.3 Å². The molecule has 0 aliphatic carbocycles. The number of carbonyl (C=O) groups is 2. The number of thioether (sulfide) groups is 1. The molecule has 0 atom stereocenters. The van der Waals surface area contributed by atoms with E-state index in [9.17, 15) is 19.7 Å². The second kappa shape index (κ2) is 8.08. The normalized spacial score (nSPS) is 10.4. The van der Waals surface area contributed by atoms with Crippen LogP contribution in [0.15, 0.2) is 23.1 Å². The summed E-state index contributed by atoms with van der Waals surface area (Å²) >= 11 is 2.22. The van der Waals surface area contributed by atoms with Crippen molar-refractivity contribution in [2.45, 2.75) is 18.7 Å². The minimum absolute atomic E-state index is 0.134. The van der Waals surface area contributed by atoms with Crippen LogP contribution in [-0.4, -0.2) is 34.6 Å². The quantitative estimate of drug-likeness (QED) is 0.353. The van der Waals surface area contributed by atoms with Crippen LogP contribution in [0.25, 0.3) is 0 Å². The van der Waals surface area contributed by atoms with Crippen LogP contribution in [0.1, 0.15) is 32.6 Å². The number of rotatable bonds is 6. The third kappa shape index (κ3) is 4.34. The molecular formula is C15H15N3O5S2. The first-order valence-electron chi connectivity index (χ1n) is 7.15. The number of aryl methyl sites for hydroxylation is 1. The molecule has 25 heavy (non-hydrogen) atoms. The summed E-state index contributed by atoms with van der Waals surface area (Å²) in [6.07, 6.45) is 1.72. The van der Waals surface area contributed by atoms with Crippen LogP contribution in [0.4, 0.5) is 10.8 Å². The second-order valence-electron chi connectivity index (χ2n) is 4.75. The zero-order valence-electron chi connectivity index (χ0n) is 13.7. The van der Waals surface area contributed by atoms with E-state index >= 15 is 0 Å². The molecule has 1 aromatic heterocycles. The third-order valence-electron chi connectivity index (χ3n) is 3.12. The van der Waals surface area contributed by atoms with E-state index < -0.39 is 16.8 Å². The molecule has 2 aromatic rings. The summed E-state index contributed by atoms with van der Waals surface area (Å²) in [4.78, 5) is 39.6. The average molecular weight is 381 g/mol. The van der Waals surface area contributed by atoms with E-state index in [4.69, 9.17) is 4.74 Å². The van der Waals surface area contributed by atoms with Crippen molar-refractivity contribution in [3.63, 3.8) is 0 Å². The predicted molar refractivity (Wildman–Crippen MR) is 95.6 cm³/mol. The first-order valence-corrected chi connectivity index (χ1v) is 9.19. The topological polar surface area (TPSA) is 111 Å². The minimum Gasteiger partial charge on any atom is -0.462 e. The Morgan fingerprint density at radius 1 is 1.44 bits per heavy atom. The average Bonchev–Trinajstić information content (AvgIpc) is 2.94. The van der Waals surface area contributed by atoms with E-state index in [-0.39, 0.29) is 23.0 Å². The number of aromatic nitrogens is 1. The summed E-state index contributed by atoms with van der Waals surface area (Å²) in [5.41, 5.74) is 0.445. The van der Waals surface area contributed by atoms with Crippen molar-refractivity contribution in [1.82, 2.24) is 4.98 Å². The lowest BCUT2D eigenvalue weighted by Gasteiger charge is -2.04. The fourth-order valence-electron chi connectivity index (χ4n) is 1.98. The second-order valence-corrected chi connectivity index (χ2v) is 6.60. The molecule has 0 unspecified atom stereocenters. The van der Waals surface area contributed by atoms with Gasteiger partial charge in [-0.05, 0) is 32.2 Å². The molecule has 0 spiro atoms. The number of nitrogens with one attached hydrogen (secondary N) is 1. The van der Waals surface area contributed by atoms with Crippen molar-refractivity contribution in [2.24, 2.45) is 0 Å². The van der Waals surface area contributed by atoms with Gasteiger partial charge in [0.2, 0.25) is 0 Å². The molecule has 1 heterocycles. The van der Waals surface area contributed by atoms with Crippen molar-refractivity contribution in [1.29, 1.82) is 0 Å². The third-order valence-corrected chi connectivity index (χ3v) is 4.95. The maximum atomic E-state index is 12.3. The van der Waals surface area contributed by atoms with Gasteiger partial charge in [0.1, 0.15) is 4.88 Å². The van der Waals surface area contributed by atoms with Gasteiger partial charge in [-0.25, -0.2) is 9.78 Å². The molecule has 0 bridgehead atoms. The Hall–Kier alpha value is -2.46. The molecular weight excluding hydrogens is 366 g/mol. The van der Waals surface area contributed by atoms with Gasteiger partial charge in [-0.15, -0.1) is 11.8 Å². The van der Waals surface area contributed by atoms with E-state index in [1.54, 1.807) is 20.1 Å². The lowest BCUT2D eigenvalue weighted by Crippen LogP contribution is -2.12. The van der Waals surface area contributed by atoms with Crippen LogP contribution in [-0.2, 0) is 4.74 Å². The van der Waals surface area contributed by atoms with Crippen LogP contribution < -0.4 is 5.32 Å². The summed E-state index contributed by atoms with van der Waals surface area (Å²) in [7, 11) is 0. The van der Waals surface area contributed by atoms with Crippen molar-refractivity contribution < 1.29 is 19.2 Å². The van der Waals surface area contributed by atoms with E-state index in [0.717, 1.165) is 11.3 Å². The van der Waals surface area contributed by atoms with Crippen LogP contribution >= 0.6 is 23.1 Å². The number of nitro groups is 1. The first kappa shape index (κ1) is 18.9. The summed E-state index contributed by atoms with van der Waals surface area (Å²) in [6, 6.07) is 4.24. The number of esters is 1. The Balaban J connectivity index is 2.23. The Labute approximate surface area is 151 Å². The smallest absolute Gasteiger partial charge is 0.350 e.